The summed E-state index contributed by atoms with van der Waals surface area (Å²) in [7, 11) is 4.69. The largest absolute Gasteiger partial charge is 0.493 e. The Bertz CT molecular complexity index is 1270. The van der Waals surface area contributed by atoms with Gasteiger partial charge < -0.3 is 68.9 Å². The van der Waals surface area contributed by atoms with Gasteiger partial charge in [0.15, 0.2) is 29.3 Å². The molecule has 2 saturated heterocycles. The van der Waals surface area contributed by atoms with Crippen molar-refractivity contribution in [2.24, 2.45) is 11.8 Å². The van der Waals surface area contributed by atoms with Crippen molar-refractivity contribution in [3.63, 3.8) is 0 Å². The molecule has 2 aliphatic rings. The first-order valence-corrected chi connectivity index (χ1v) is 15.6. The first-order valence-electron chi connectivity index (χ1n) is 15.6. The molecular formula is C33H48O14. The van der Waals surface area contributed by atoms with E-state index in [1.807, 2.05) is 30.3 Å². The standard InChI is InChI=1S/C33H48O14/c1-16(10-18-6-8-20(41-3)22(12-18)42-4)17(2)11-19-7-9-21(23(13-19)43-5)44-32-30(40)28(38)31(25(15-35)46-32)47-33-29(39)27(37)26(36)24(14-34)45-33/h6-9,12-13,16-17,24-40H,10-11,14-15H2,1-5H3/t16-,17+,24+,25+,26+,27-,28+,29+,30+,31+,32?,33?/m0/s1. The van der Waals surface area contributed by atoms with Gasteiger partial charge in [-0.2, -0.15) is 0 Å². The van der Waals surface area contributed by atoms with E-state index in [2.05, 4.69) is 13.8 Å². The van der Waals surface area contributed by atoms with Gasteiger partial charge in [-0.3, -0.25) is 0 Å². The molecule has 14 heteroatoms. The van der Waals surface area contributed by atoms with Crippen molar-refractivity contribution in [2.75, 3.05) is 34.5 Å². The van der Waals surface area contributed by atoms with Crippen LogP contribution in [-0.4, -0.2) is 132 Å². The molecule has 4 rings (SSSR count). The fourth-order valence-electron chi connectivity index (χ4n) is 5.87. The Morgan fingerprint density at radius 1 is 0.596 bits per heavy atom. The van der Waals surface area contributed by atoms with Gasteiger partial charge in [0.2, 0.25) is 6.29 Å². The minimum Gasteiger partial charge on any atom is -0.493 e. The van der Waals surface area contributed by atoms with E-state index in [4.69, 9.17) is 33.2 Å². The number of hydrogen-bond donors (Lipinski definition) is 7. The topological polar surface area (TPSA) is 206 Å². The fourth-order valence-corrected chi connectivity index (χ4v) is 5.87. The van der Waals surface area contributed by atoms with Crippen molar-refractivity contribution in [3.8, 4) is 23.0 Å². The van der Waals surface area contributed by atoms with Gasteiger partial charge >= 0.3 is 0 Å². The summed E-state index contributed by atoms with van der Waals surface area (Å²) in [6, 6.07) is 11.3. The Balaban J connectivity index is 1.40. The number of aliphatic hydroxyl groups is 7. The van der Waals surface area contributed by atoms with Crippen LogP contribution in [0.15, 0.2) is 36.4 Å². The number of hydrogen-bond acceptors (Lipinski definition) is 14. The van der Waals surface area contributed by atoms with E-state index in [1.165, 1.54) is 7.11 Å². The minimum atomic E-state index is -1.76. The second-order valence-corrected chi connectivity index (χ2v) is 12.2. The monoisotopic (exact) mass is 668 g/mol. The first kappa shape index (κ1) is 37.1. The molecule has 12 atom stereocenters. The molecule has 264 valence electrons. The first-order chi connectivity index (χ1) is 22.4. The van der Waals surface area contributed by atoms with Gasteiger partial charge in [0.1, 0.15) is 48.8 Å². The zero-order valence-corrected chi connectivity index (χ0v) is 27.2. The quantitative estimate of drug-likeness (QED) is 0.139. The summed E-state index contributed by atoms with van der Waals surface area (Å²) in [5.74, 6) is 2.59. The van der Waals surface area contributed by atoms with Crippen LogP contribution in [0.4, 0.5) is 0 Å². The molecule has 0 aromatic heterocycles. The summed E-state index contributed by atoms with van der Waals surface area (Å²) in [5, 5.41) is 71.8. The van der Waals surface area contributed by atoms with Gasteiger partial charge in [-0.1, -0.05) is 26.0 Å². The lowest BCUT2D eigenvalue weighted by Crippen LogP contribution is -2.65. The molecule has 0 radical (unpaired) electrons. The third-order valence-corrected chi connectivity index (χ3v) is 8.97. The molecule has 0 spiro atoms. The summed E-state index contributed by atoms with van der Waals surface area (Å²) in [6.45, 7) is 3.00. The normalized spacial score (nSPS) is 32.3. The Morgan fingerprint density at radius 2 is 1.09 bits per heavy atom. The Hall–Kier alpha value is -2.76. The van der Waals surface area contributed by atoms with E-state index in [9.17, 15) is 35.7 Å². The highest BCUT2D eigenvalue weighted by molar-refractivity contribution is 5.44. The van der Waals surface area contributed by atoms with Gasteiger partial charge in [-0.05, 0) is 60.1 Å². The highest BCUT2D eigenvalue weighted by Crippen LogP contribution is 2.35. The van der Waals surface area contributed by atoms with Crippen LogP contribution in [0.1, 0.15) is 25.0 Å². The molecule has 2 aromatic carbocycles. The van der Waals surface area contributed by atoms with Crippen LogP contribution in [-0.2, 0) is 27.1 Å². The zero-order valence-electron chi connectivity index (χ0n) is 27.2. The number of aliphatic hydroxyl groups excluding tert-OH is 7. The summed E-state index contributed by atoms with van der Waals surface area (Å²) < 4.78 is 39.0. The molecule has 0 saturated carbocycles. The van der Waals surface area contributed by atoms with Gasteiger partial charge in [0.25, 0.3) is 0 Å². The summed E-state index contributed by atoms with van der Waals surface area (Å²) >= 11 is 0. The predicted molar refractivity (Wildman–Crippen MR) is 165 cm³/mol. The van der Waals surface area contributed by atoms with E-state index in [0.29, 0.717) is 29.1 Å². The lowest BCUT2D eigenvalue weighted by molar-refractivity contribution is -0.352. The summed E-state index contributed by atoms with van der Waals surface area (Å²) in [4.78, 5) is 0. The van der Waals surface area contributed by atoms with Crippen molar-refractivity contribution in [2.45, 2.75) is 88.1 Å². The third kappa shape index (κ3) is 8.46. The number of benzene rings is 2. The van der Waals surface area contributed by atoms with Crippen molar-refractivity contribution in [1.82, 2.24) is 0 Å². The molecule has 0 aliphatic carbocycles. The molecule has 2 heterocycles. The second-order valence-electron chi connectivity index (χ2n) is 12.2. The summed E-state index contributed by atoms with van der Waals surface area (Å²) in [6.07, 6.45) is -13.9. The zero-order chi connectivity index (χ0) is 34.4. The molecule has 0 amide bonds. The number of ether oxygens (including phenoxy) is 7. The van der Waals surface area contributed by atoms with Crippen molar-refractivity contribution in [1.29, 1.82) is 0 Å². The maximum atomic E-state index is 10.9. The van der Waals surface area contributed by atoms with Crippen LogP contribution in [0.25, 0.3) is 0 Å². The van der Waals surface area contributed by atoms with E-state index < -0.39 is 74.6 Å². The van der Waals surface area contributed by atoms with Gasteiger partial charge in [-0.25, -0.2) is 0 Å². The lowest BCUT2D eigenvalue weighted by atomic mass is 9.85. The molecule has 2 fully saturated rings. The van der Waals surface area contributed by atoms with E-state index in [-0.39, 0.29) is 5.75 Å². The molecular weight excluding hydrogens is 620 g/mol. The van der Waals surface area contributed by atoms with Crippen molar-refractivity contribution >= 4 is 0 Å². The smallest absolute Gasteiger partial charge is 0.229 e. The van der Waals surface area contributed by atoms with Crippen LogP contribution in [0.3, 0.4) is 0 Å². The second kappa shape index (κ2) is 16.6. The molecule has 0 bridgehead atoms. The molecule has 14 nitrogen and oxygen atoms in total. The van der Waals surface area contributed by atoms with Crippen molar-refractivity contribution in [3.05, 3.63) is 47.5 Å². The minimum absolute atomic E-state index is 0.225. The summed E-state index contributed by atoms with van der Waals surface area (Å²) in [5.41, 5.74) is 2.13. The van der Waals surface area contributed by atoms with Crippen LogP contribution >= 0.6 is 0 Å². The van der Waals surface area contributed by atoms with Crippen molar-refractivity contribution < 1.29 is 68.9 Å². The van der Waals surface area contributed by atoms with E-state index >= 15 is 0 Å². The maximum absolute atomic E-state index is 10.9. The Kier molecular flexibility index (Phi) is 13.1. The highest BCUT2D eigenvalue weighted by atomic mass is 16.7. The van der Waals surface area contributed by atoms with E-state index in [0.717, 1.165) is 24.0 Å². The van der Waals surface area contributed by atoms with Crippen LogP contribution in [0.5, 0.6) is 23.0 Å². The lowest BCUT2D eigenvalue weighted by Gasteiger charge is -2.45. The number of rotatable bonds is 14. The molecule has 7 N–H and O–H groups in total. The highest BCUT2D eigenvalue weighted by Gasteiger charge is 2.51. The Morgan fingerprint density at radius 3 is 1.62 bits per heavy atom. The van der Waals surface area contributed by atoms with E-state index in [1.54, 1.807) is 20.3 Å². The molecule has 2 unspecified atom stereocenters. The average Bonchev–Trinajstić information content (AvgIpc) is 3.08. The maximum Gasteiger partial charge on any atom is 0.229 e. The average molecular weight is 669 g/mol. The SMILES string of the molecule is COc1ccc(C[C@H](C)[C@H](C)Cc2ccc(OC3O[C@H](CO)[C@@H](OC4O[C@H](CO)[C@@H](O)[C@H](O)[C@H]4O)[C@H](O)[C@H]3O)c(OC)c2)cc1OC. The third-order valence-electron chi connectivity index (χ3n) is 8.97. The predicted octanol–water partition coefficient (Wildman–Crippen LogP) is -0.227. The van der Waals surface area contributed by atoms with Gasteiger partial charge in [-0.15, -0.1) is 0 Å². The molecule has 2 aromatic rings. The molecule has 2 aliphatic heterocycles. The van der Waals surface area contributed by atoms with Gasteiger partial charge in [0, 0.05) is 0 Å². The van der Waals surface area contributed by atoms with Gasteiger partial charge in [0.05, 0.1) is 34.5 Å². The fraction of sp³-hybridized carbons (Fsp3) is 0.636. The van der Waals surface area contributed by atoms with Crippen LogP contribution in [0, 0.1) is 11.8 Å². The Labute approximate surface area is 273 Å². The van der Waals surface area contributed by atoms with Crippen LogP contribution in [0.2, 0.25) is 0 Å². The van der Waals surface area contributed by atoms with Crippen LogP contribution < -0.4 is 18.9 Å². The number of methoxy groups -OCH3 is 3. The molecule has 47 heavy (non-hydrogen) atoms.